The van der Waals surface area contributed by atoms with E-state index in [1.165, 1.54) is 30.6 Å². The van der Waals surface area contributed by atoms with Gasteiger partial charge in [-0.05, 0) is 37.1 Å². The van der Waals surface area contributed by atoms with Crippen LogP contribution in [0.2, 0.25) is 0 Å². The third-order valence-corrected chi connectivity index (χ3v) is 4.62. The van der Waals surface area contributed by atoms with Crippen LogP contribution >= 0.6 is 35.7 Å². The summed E-state index contributed by atoms with van der Waals surface area (Å²) in [5, 5.41) is 0. The molecule has 2 N–H and O–H groups in total. The number of thioether (sulfide) groups is 1. The molecule has 0 atom stereocenters. The maximum Gasteiger partial charge on any atom is 0.191 e. The Morgan fingerprint density at radius 3 is 2.43 bits per heavy atom. The van der Waals surface area contributed by atoms with E-state index in [0.29, 0.717) is 0 Å². The van der Waals surface area contributed by atoms with Crippen LogP contribution in [0.1, 0.15) is 32.1 Å². The van der Waals surface area contributed by atoms with Crippen LogP contribution in [0.25, 0.3) is 0 Å². The van der Waals surface area contributed by atoms with E-state index in [1.54, 1.807) is 0 Å². The maximum atomic E-state index is 6.08. The fourth-order valence-electron chi connectivity index (χ4n) is 2.36. The van der Waals surface area contributed by atoms with Gasteiger partial charge in [0.05, 0.1) is 0 Å². The van der Waals surface area contributed by atoms with Crippen LogP contribution in [0.4, 0.5) is 0 Å². The smallest absolute Gasteiger partial charge is 0.191 e. The third-order valence-electron chi connectivity index (χ3n) is 3.52. The minimum absolute atomic E-state index is 0. The van der Waals surface area contributed by atoms with Gasteiger partial charge in [0.2, 0.25) is 0 Å². The first-order valence-electron chi connectivity index (χ1n) is 7.59. The topological polar surface area (TPSA) is 41.6 Å². The summed E-state index contributed by atoms with van der Waals surface area (Å²) in [4.78, 5) is 8.11. The zero-order valence-electron chi connectivity index (χ0n) is 12.5. The van der Waals surface area contributed by atoms with Gasteiger partial charge in [-0.15, -0.1) is 35.7 Å². The van der Waals surface area contributed by atoms with Crippen LogP contribution in [-0.4, -0.2) is 36.2 Å². The largest absolute Gasteiger partial charge is 0.370 e. The summed E-state index contributed by atoms with van der Waals surface area (Å²) in [5.41, 5.74) is 6.08. The van der Waals surface area contributed by atoms with Gasteiger partial charge in [-0.1, -0.05) is 31.0 Å². The molecule has 1 fully saturated rings. The molecule has 2 rings (SSSR count). The summed E-state index contributed by atoms with van der Waals surface area (Å²) in [6.45, 7) is 2.99. The average molecular weight is 419 g/mol. The molecule has 0 saturated carbocycles. The second-order valence-electron chi connectivity index (χ2n) is 5.16. The Hall–Kier alpha value is -0.430. The van der Waals surface area contributed by atoms with Crippen LogP contribution < -0.4 is 5.73 Å². The Bertz CT molecular complexity index is 403. The summed E-state index contributed by atoms with van der Waals surface area (Å²) < 4.78 is 0. The summed E-state index contributed by atoms with van der Waals surface area (Å²) >= 11 is 1.89. The molecule has 0 radical (unpaired) electrons. The summed E-state index contributed by atoms with van der Waals surface area (Å²) in [7, 11) is 0. The molecule has 3 nitrogen and oxygen atoms in total. The van der Waals surface area contributed by atoms with Crippen LogP contribution in [0.15, 0.2) is 40.2 Å². The molecule has 1 saturated heterocycles. The second-order valence-corrected chi connectivity index (χ2v) is 6.32. The van der Waals surface area contributed by atoms with E-state index < -0.39 is 0 Å². The Morgan fingerprint density at radius 2 is 1.76 bits per heavy atom. The van der Waals surface area contributed by atoms with Crippen molar-refractivity contribution >= 4 is 41.7 Å². The standard InChI is InChI=1S/C16H25N3S.HI/c17-16(19-12-6-1-2-7-13-19)18-11-8-14-20-15-9-4-3-5-10-15;/h3-5,9-10H,1-2,6-8,11-14H2,(H2,17,18);1H. The van der Waals surface area contributed by atoms with Gasteiger partial charge in [0, 0.05) is 24.5 Å². The predicted octanol–water partition coefficient (Wildman–Crippen LogP) is 3.98. The van der Waals surface area contributed by atoms with E-state index in [2.05, 4.69) is 40.2 Å². The Labute approximate surface area is 149 Å². The minimum atomic E-state index is 0. The van der Waals surface area contributed by atoms with Gasteiger partial charge in [-0.2, -0.15) is 0 Å². The molecule has 0 unspecified atom stereocenters. The van der Waals surface area contributed by atoms with Crippen molar-refractivity contribution < 1.29 is 0 Å². The van der Waals surface area contributed by atoms with E-state index >= 15 is 0 Å². The van der Waals surface area contributed by atoms with Gasteiger partial charge in [-0.3, -0.25) is 4.99 Å². The quantitative estimate of drug-likeness (QED) is 0.258. The fourth-order valence-corrected chi connectivity index (χ4v) is 3.22. The fraction of sp³-hybridized carbons (Fsp3) is 0.562. The van der Waals surface area contributed by atoms with Crippen molar-refractivity contribution in [3.8, 4) is 0 Å². The van der Waals surface area contributed by atoms with Gasteiger partial charge in [0.15, 0.2) is 5.96 Å². The normalized spacial score (nSPS) is 16.2. The number of guanidine groups is 1. The first-order valence-corrected chi connectivity index (χ1v) is 8.57. The van der Waals surface area contributed by atoms with Crippen molar-refractivity contribution in [3.05, 3.63) is 30.3 Å². The first kappa shape index (κ1) is 18.6. The van der Waals surface area contributed by atoms with Crippen molar-refractivity contribution in [1.82, 2.24) is 4.90 Å². The highest BCUT2D eigenvalue weighted by molar-refractivity contribution is 14.0. The van der Waals surface area contributed by atoms with Crippen molar-refractivity contribution in [1.29, 1.82) is 0 Å². The Kier molecular flexibility index (Phi) is 9.91. The van der Waals surface area contributed by atoms with Gasteiger partial charge < -0.3 is 10.6 Å². The van der Waals surface area contributed by atoms with Crippen molar-refractivity contribution in [2.75, 3.05) is 25.4 Å². The number of likely N-dealkylation sites (tertiary alicyclic amines) is 1. The van der Waals surface area contributed by atoms with Crippen molar-refractivity contribution in [2.24, 2.45) is 10.7 Å². The van der Waals surface area contributed by atoms with Crippen molar-refractivity contribution in [2.45, 2.75) is 37.0 Å². The zero-order chi connectivity index (χ0) is 14.0. The summed E-state index contributed by atoms with van der Waals surface area (Å²) in [6, 6.07) is 10.5. The lowest BCUT2D eigenvalue weighted by Gasteiger charge is -2.21. The number of hydrogen-bond donors (Lipinski definition) is 1. The molecular weight excluding hydrogens is 393 g/mol. The molecule has 1 aromatic carbocycles. The average Bonchev–Trinajstić information content (AvgIpc) is 2.77. The van der Waals surface area contributed by atoms with E-state index in [4.69, 9.17) is 5.73 Å². The minimum Gasteiger partial charge on any atom is -0.370 e. The highest BCUT2D eigenvalue weighted by atomic mass is 127. The lowest BCUT2D eigenvalue weighted by molar-refractivity contribution is 0.428. The molecule has 1 aliphatic rings. The second kappa shape index (κ2) is 11.2. The molecular formula is C16H26IN3S. The highest BCUT2D eigenvalue weighted by Crippen LogP contribution is 2.17. The Balaban J connectivity index is 0.00000220. The summed E-state index contributed by atoms with van der Waals surface area (Å²) in [6.07, 6.45) is 6.24. The van der Waals surface area contributed by atoms with E-state index in [0.717, 1.165) is 37.8 Å². The Morgan fingerprint density at radius 1 is 1.10 bits per heavy atom. The van der Waals surface area contributed by atoms with Gasteiger partial charge in [0.1, 0.15) is 0 Å². The van der Waals surface area contributed by atoms with Gasteiger partial charge in [0.25, 0.3) is 0 Å². The molecule has 1 heterocycles. The highest BCUT2D eigenvalue weighted by Gasteiger charge is 2.10. The molecule has 21 heavy (non-hydrogen) atoms. The molecule has 1 aromatic rings. The first-order chi connectivity index (χ1) is 9.86. The van der Waals surface area contributed by atoms with Crippen molar-refractivity contribution in [3.63, 3.8) is 0 Å². The van der Waals surface area contributed by atoms with Crippen LogP contribution in [0, 0.1) is 0 Å². The van der Waals surface area contributed by atoms with Crippen LogP contribution in [0.3, 0.4) is 0 Å². The monoisotopic (exact) mass is 419 g/mol. The molecule has 0 aromatic heterocycles. The number of halogens is 1. The number of nitrogens with zero attached hydrogens (tertiary/aromatic N) is 2. The SMILES string of the molecule is I.NC(=NCCCSc1ccccc1)N1CCCCCC1. The number of benzene rings is 1. The van der Waals surface area contributed by atoms with Gasteiger partial charge >= 0.3 is 0 Å². The van der Waals surface area contributed by atoms with E-state index in [-0.39, 0.29) is 24.0 Å². The molecule has 0 amide bonds. The number of nitrogens with two attached hydrogens (primary N) is 1. The lowest BCUT2D eigenvalue weighted by Crippen LogP contribution is -2.38. The van der Waals surface area contributed by atoms with Gasteiger partial charge in [-0.25, -0.2) is 0 Å². The molecule has 0 aliphatic carbocycles. The van der Waals surface area contributed by atoms with E-state index in [9.17, 15) is 0 Å². The molecule has 1 aliphatic heterocycles. The zero-order valence-corrected chi connectivity index (χ0v) is 15.7. The molecule has 0 spiro atoms. The molecule has 118 valence electrons. The summed E-state index contributed by atoms with van der Waals surface area (Å²) in [5.74, 6) is 1.84. The van der Waals surface area contributed by atoms with Crippen LogP contribution in [0.5, 0.6) is 0 Å². The van der Waals surface area contributed by atoms with E-state index in [1.807, 2.05) is 11.8 Å². The number of hydrogen-bond acceptors (Lipinski definition) is 2. The third kappa shape index (κ3) is 7.40. The lowest BCUT2D eigenvalue weighted by atomic mass is 10.2. The number of aliphatic imine (C=N–C) groups is 1. The predicted molar refractivity (Wildman–Crippen MR) is 104 cm³/mol. The maximum absolute atomic E-state index is 6.08. The molecule has 0 bridgehead atoms. The number of rotatable bonds is 5. The van der Waals surface area contributed by atoms with Crippen LogP contribution in [-0.2, 0) is 0 Å². The molecule has 5 heteroatoms.